The van der Waals surface area contributed by atoms with Crippen LogP contribution in [0.3, 0.4) is 0 Å². The first-order chi connectivity index (χ1) is 8.54. The molecule has 1 heterocycles. The first kappa shape index (κ1) is 14.1. The number of alkyl halides is 1. The van der Waals surface area contributed by atoms with Crippen molar-refractivity contribution in [3.8, 4) is 0 Å². The van der Waals surface area contributed by atoms with E-state index in [2.05, 4.69) is 5.32 Å². The Kier molecular flexibility index (Phi) is 4.54. The zero-order chi connectivity index (χ0) is 13.2. The summed E-state index contributed by atoms with van der Waals surface area (Å²) in [6.07, 6.45) is 4.95. The number of halogens is 1. The minimum atomic E-state index is -3.23. The van der Waals surface area contributed by atoms with Crippen LogP contribution >= 0.6 is 11.6 Å². The molecule has 0 aromatic heterocycles. The van der Waals surface area contributed by atoms with E-state index < -0.39 is 15.1 Å². The predicted molar refractivity (Wildman–Crippen MR) is 71.4 cm³/mol. The Morgan fingerprint density at radius 2 is 1.94 bits per heavy atom. The van der Waals surface area contributed by atoms with Crippen molar-refractivity contribution in [1.29, 1.82) is 0 Å². The summed E-state index contributed by atoms with van der Waals surface area (Å²) in [6, 6.07) is 0.0622. The zero-order valence-corrected chi connectivity index (χ0v) is 12.0. The highest BCUT2D eigenvalue weighted by molar-refractivity contribution is 7.92. The molecule has 0 bridgehead atoms. The van der Waals surface area contributed by atoms with Crippen LogP contribution in [-0.4, -0.2) is 37.2 Å². The van der Waals surface area contributed by atoms with Gasteiger partial charge in [-0.05, 0) is 31.6 Å². The third-order valence-corrected chi connectivity index (χ3v) is 6.63. The molecule has 0 spiro atoms. The van der Waals surface area contributed by atoms with Crippen molar-refractivity contribution >= 4 is 27.3 Å². The van der Waals surface area contributed by atoms with E-state index in [9.17, 15) is 13.2 Å². The van der Waals surface area contributed by atoms with Gasteiger partial charge in [0.2, 0.25) is 5.91 Å². The van der Waals surface area contributed by atoms with Gasteiger partial charge >= 0.3 is 0 Å². The number of amides is 1. The Morgan fingerprint density at radius 1 is 1.17 bits per heavy atom. The van der Waals surface area contributed by atoms with Crippen LogP contribution in [0.4, 0.5) is 0 Å². The van der Waals surface area contributed by atoms with Gasteiger partial charge in [-0.1, -0.05) is 12.8 Å². The summed E-state index contributed by atoms with van der Waals surface area (Å²) in [7, 11) is -3.23. The molecule has 1 saturated carbocycles. The number of hydrogen-bond acceptors (Lipinski definition) is 3. The van der Waals surface area contributed by atoms with Crippen LogP contribution in [0.2, 0.25) is 0 Å². The van der Waals surface area contributed by atoms with Gasteiger partial charge in [0.05, 0.1) is 5.75 Å². The summed E-state index contributed by atoms with van der Waals surface area (Å²) in [4.78, 5) is 12.1. The molecular weight excluding hydrogens is 274 g/mol. The largest absolute Gasteiger partial charge is 0.352 e. The van der Waals surface area contributed by atoms with E-state index in [4.69, 9.17) is 11.6 Å². The number of carbonyl (C=O) groups excluding carboxylic acids is 1. The van der Waals surface area contributed by atoms with Crippen molar-refractivity contribution in [2.75, 3.05) is 11.6 Å². The Labute approximate surface area is 113 Å². The van der Waals surface area contributed by atoms with Crippen molar-refractivity contribution in [3.05, 3.63) is 0 Å². The van der Waals surface area contributed by atoms with Gasteiger partial charge in [0, 0.05) is 11.9 Å². The Bertz CT molecular complexity index is 410. The van der Waals surface area contributed by atoms with E-state index in [0.29, 0.717) is 24.6 Å². The van der Waals surface area contributed by atoms with Crippen LogP contribution in [-0.2, 0) is 14.6 Å². The van der Waals surface area contributed by atoms with Gasteiger partial charge in [-0.2, -0.15) is 0 Å². The van der Waals surface area contributed by atoms with E-state index in [-0.39, 0.29) is 17.7 Å². The third-order valence-electron chi connectivity index (χ3n) is 4.06. The summed E-state index contributed by atoms with van der Waals surface area (Å²) < 4.78 is 23.7. The van der Waals surface area contributed by atoms with Crippen molar-refractivity contribution in [1.82, 2.24) is 5.32 Å². The lowest BCUT2D eigenvalue weighted by Crippen LogP contribution is -2.47. The maximum absolute atomic E-state index is 12.1. The molecule has 6 heteroatoms. The van der Waals surface area contributed by atoms with Crippen LogP contribution in [0, 0.1) is 5.92 Å². The second-order valence-electron chi connectivity index (χ2n) is 5.31. The molecule has 2 fully saturated rings. The molecule has 1 aliphatic heterocycles. The highest BCUT2D eigenvalue weighted by Crippen LogP contribution is 2.27. The molecule has 0 aromatic carbocycles. The van der Waals surface area contributed by atoms with Gasteiger partial charge in [0.1, 0.15) is 5.25 Å². The zero-order valence-electron chi connectivity index (χ0n) is 10.4. The molecule has 1 saturated heterocycles. The molecule has 4 nitrogen and oxygen atoms in total. The van der Waals surface area contributed by atoms with Gasteiger partial charge < -0.3 is 5.32 Å². The number of sulfone groups is 1. The SMILES string of the molecule is O=C(NC1CCCC1CCl)C1CCCCS1(=O)=O. The molecule has 0 aromatic rings. The lowest BCUT2D eigenvalue weighted by atomic mass is 10.1. The summed E-state index contributed by atoms with van der Waals surface area (Å²) in [5, 5.41) is 2.07. The number of nitrogens with one attached hydrogen (secondary N) is 1. The normalized spacial score (nSPS) is 35.3. The lowest BCUT2D eigenvalue weighted by Gasteiger charge is -2.25. The van der Waals surface area contributed by atoms with Crippen molar-refractivity contribution in [2.24, 2.45) is 5.92 Å². The second kappa shape index (κ2) is 5.78. The van der Waals surface area contributed by atoms with Crippen molar-refractivity contribution < 1.29 is 13.2 Å². The minimum absolute atomic E-state index is 0.0622. The van der Waals surface area contributed by atoms with Crippen molar-refractivity contribution in [2.45, 2.75) is 49.8 Å². The molecular formula is C12H20ClNO3S. The van der Waals surface area contributed by atoms with Gasteiger partial charge in [-0.3, -0.25) is 4.79 Å². The standard InChI is InChI=1S/C12H20ClNO3S/c13-8-9-4-3-5-10(9)14-12(15)11-6-1-2-7-18(11,16)17/h9-11H,1-8H2,(H,14,15). The quantitative estimate of drug-likeness (QED) is 0.802. The van der Waals surface area contributed by atoms with Gasteiger partial charge in [0.25, 0.3) is 0 Å². The fourth-order valence-corrected chi connectivity index (χ4v) is 5.12. The first-order valence-corrected chi connectivity index (χ1v) is 8.87. The third kappa shape index (κ3) is 2.99. The summed E-state index contributed by atoms with van der Waals surface area (Å²) in [5.41, 5.74) is 0. The average Bonchev–Trinajstić information content (AvgIpc) is 2.75. The Balaban J connectivity index is 1.99. The highest BCUT2D eigenvalue weighted by Gasteiger charge is 2.37. The van der Waals surface area contributed by atoms with Crippen LogP contribution in [0.25, 0.3) is 0 Å². The molecule has 0 radical (unpaired) electrons. The molecule has 1 N–H and O–H groups in total. The van der Waals surface area contributed by atoms with E-state index in [1.54, 1.807) is 0 Å². The molecule has 1 amide bonds. The molecule has 1 aliphatic carbocycles. The van der Waals surface area contributed by atoms with Crippen LogP contribution < -0.4 is 5.32 Å². The lowest BCUT2D eigenvalue weighted by molar-refractivity contribution is -0.121. The summed E-state index contributed by atoms with van der Waals surface area (Å²) in [6.45, 7) is 0. The first-order valence-electron chi connectivity index (χ1n) is 6.62. The van der Waals surface area contributed by atoms with E-state index in [1.807, 2.05) is 0 Å². The fourth-order valence-electron chi connectivity index (χ4n) is 2.94. The maximum atomic E-state index is 12.1. The second-order valence-corrected chi connectivity index (χ2v) is 7.92. The Morgan fingerprint density at radius 3 is 2.61 bits per heavy atom. The number of hydrogen-bond donors (Lipinski definition) is 1. The minimum Gasteiger partial charge on any atom is -0.352 e. The van der Waals surface area contributed by atoms with Gasteiger partial charge in [0.15, 0.2) is 9.84 Å². The average molecular weight is 294 g/mol. The van der Waals surface area contributed by atoms with Crippen LogP contribution in [0.5, 0.6) is 0 Å². The maximum Gasteiger partial charge on any atom is 0.238 e. The Hall–Kier alpha value is -0.290. The number of rotatable bonds is 3. The molecule has 2 rings (SSSR count). The molecule has 3 atom stereocenters. The number of carbonyl (C=O) groups is 1. The van der Waals surface area contributed by atoms with E-state index in [1.165, 1.54) is 0 Å². The topological polar surface area (TPSA) is 63.2 Å². The molecule has 104 valence electrons. The van der Waals surface area contributed by atoms with Gasteiger partial charge in [-0.15, -0.1) is 11.6 Å². The molecule has 2 aliphatic rings. The van der Waals surface area contributed by atoms with E-state index >= 15 is 0 Å². The smallest absolute Gasteiger partial charge is 0.238 e. The summed E-state index contributed by atoms with van der Waals surface area (Å²) in [5.74, 6) is 0.662. The monoisotopic (exact) mass is 293 g/mol. The molecule has 18 heavy (non-hydrogen) atoms. The molecule has 3 unspecified atom stereocenters. The van der Waals surface area contributed by atoms with Crippen LogP contribution in [0.15, 0.2) is 0 Å². The van der Waals surface area contributed by atoms with Crippen LogP contribution in [0.1, 0.15) is 38.5 Å². The predicted octanol–water partition coefficient (Wildman–Crippen LogP) is 1.48. The van der Waals surface area contributed by atoms with Gasteiger partial charge in [-0.25, -0.2) is 8.42 Å². The summed E-state index contributed by atoms with van der Waals surface area (Å²) >= 11 is 5.86. The van der Waals surface area contributed by atoms with E-state index in [0.717, 1.165) is 25.7 Å². The highest BCUT2D eigenvalue weighted by atomic mass is 35.5. The fraction of sp³-hybridized carbons (Fsp3) is 0.917. The van der Waals surface area contributed by atoms with Crippen molar-refractivity contribution in [3.63, 3.8) is 0 Å².